The van der Waals surface area contributed by atoms with Gasteiger partial charge in [0.15, 0.2) is 0 Å². The Morgan fingerprint density at radius 1 is 1.05 bits per heavy atom. The minimum atomic E-state index is -0.563. The smallest absolute Gasteiger partial charge is 0.330 e. The first-order valence-corrected chi connectivity index (χ1v) is 7.85. The molecule has 1 heterocycles. The summed E-state index contributed by atoms with van der Waals surface area (Å²) in [5, 5.41) is 0.591. The third-order valence-corrected chi connectivity index (χ3v) is 4.43. The second kappa shape index (κ2) is 6.30. The molecule has 5 nitrogen and oxygen atoms in total. The Balaban J connectivity index is 1.56. The molecule has 0 N–H and O–H groups in total. The molecular formula is C17H19NO4. The first-order chi connectivity index (χ1) is 10.7. The number of imide groups is 1. The van der Waals surface area contributed by atoms with Crippen molar-refractivity contribution < 1.29 is 19.2 Å². The third-order valence-electron chi connectivity index (χ3n) is 4.43. The second-order valence-electron chi connectivity index (χ2n) is 5.96. The fourth-order valence-corrected chi connectivity index (χ4v) is 3.20. The zero-order valence-corrected chi connectivity index (χ0v) is 12.4. The zero-order chi connectivity index (χ0) is 15.5. The normalized spacial score (nSPS) is 18.5. The molecule has 1 aromatic carbocycles. The summed E-state index contributed by atoms with van der Waals surface area (Å²) in [4.78, 5) is 41.1. The van der Waals surface area contributed by atoms with E-state index < -0.39 is 17.8 Å². The van der Waals surface area contributed by atoms with Crippen molar-refractivity contribution in [3.8, 4) is 0 Å². The van der Waals surface area contributed by atoms with Crippen molar-refractivity contribution >= 4 is 17.8 Å². The molecule has 1 aliphatic heterocycles. The molecule has 0 aromatic heterocycles. The Morgan fingerprint density at radius 2 is 1.64 bits per heavy atom. The van der Waals surface area contributed by atoms with E-state index in [0.29, 0.717) is 11.0 Å². The van der Waals surface area contributed by atoms with Crippen LogP contribution in [0, 0.1) is 5.92 Å². The van der Waals surface area contributed by atoms with Crippen molar-refractivity contribution in [2.45, 2.75) is 44.9 Å². The summed E-state index contributed by atoms with van der Waals surface area (Å²) in [5.41, 5.74) is 0.570. The molecule has 1 aliphatic carbocycles. The van der Waals surface area contributed by atoms with E-state index >= 15 is 0 Å². The van der Waals surface area contributed by atoms with Crippen LogP contribution in [-0.4, -0.2) is 22.8 Å². The maximum absolute atomic E-state index is 12.1. The Kier molecular flexibility index (Phi) is 4.22. The van der Waals surface area contributed by atoms with E-state index in [1.54, 1.807) is 24.3 Å². The third kappa shape index (κ3) is 2.89. The topological polar surface area (TPSA) is 63.7 Å². The number of carbonyl (C=O) groups excluding carboxylic acids is 3. The molecule has 0 spiro atoms. The van der Waals surface area contributed by atoms with E-state index in [9.17, 15) is 14.4 Å². The van der Waals surface area contributed by atoms with Gasteiger partial charge in [-0.1, -0.05) is 49.3 Å². The summed E-state index contributed by atoms with van der Waals surface area (Å²) in [7, 11) is 0. The standard InChI is InChI=1S/C17H19NO4/c19-15(11-10-12-6-2-1-3-7-12)22-18-16(20)13-8-4-5-9-14(13)17(18)21/h4-5,8-9,12H,1-3,6-7,10-11H2. The fourth-order valence-electron chi connectivity index (χ4n) is 3.20. The fraction of sp³-hybridized carbons (Fsp3) is 0.471. The average molecular weight is 301 g/mol. The van der Waals surface area contributed by atoms with Crippen LogP contribution in [0.3, 0.4) is 0 Å². The van der Waals surface area contributed by atoms with Gasteiger partial charge in [-0.25, -0.2) is 4.79 Å². The average Bonchev–Trinajstić information content (AvgIpc) is 2.79. The van der Waals surface area contributed by atoms with Crippen molar-refractivity contribution in [1.29, 1.82) is 0 Å². The van der Waals surface area contributed by atoms with E-state index in [-0.39, 0.29) is 17.5 Å². The zero-order valence-electron chi connectivity index (χ0n) is 12.4. The molecular weight excluding hydrogens is 282 g/mol. The van der Waals surface area contributed by atoms with Crippen LogP contribution in [-0.2, 0) is 9.63 Å². The summed E-state index contributed by atoms with van der Waals surface area (Å²) in [6.45, 7) is 0. The van der Waals surface area contributed by atoms with Crippen molar-refractivity contribution in [2.75, 3.05) is 0 Å². The number of carbonyl (C=O) groups is 3. The SMILES string of the molecule is O=C(CCC1CCCCC1)ON1C(=O)c2ccccc2C1=O. The van der Waals surface area contributed by atoms with Crippen LogP contribution in [0.1, 0.15) is 65.7 Å². The lowest BCUT2D eigenvalue weighted by Gasteiger charge is -2.21. The Morgan fingerprint density at radius 3 is 2.23 bits per heavy atom. The maximum atomic E-state index is 12.1. The van der Waals surface area contributed by atoms with Gasteiger partial charge in [-0.15, -0.1) is 0 Å². The predicted octanol–water partition coefficient (Wildman–Crippen LogP) is 3.10. The van der Waals surface area contributed by atoms with Gasteiger partial charge in [-0.3, -0.25) is 9.59 Å². The van der Waals surface area contributed by atoms with Gasteiger partial charge < -0.3 is 4.84 Å². The Bertz CT molecular complexity index is 569. The van der Waals surface area contributed by atoms with Crippen LogP contribution in [0.15, 0.2) is 24.3 Å². The summed E-state index contributed by atoms with van der Waals surface area (Å²) < 4.78 is 0. The molecule has 22 heavy (non-hydrogen) atoms. The number of amides is 2. The van der Waals surface area contributed by atoms with E-state index in [0.717, 1.165) is 19.3 Å². The first kappa shape index (κ1) is 14.8. The number of hydrogen-bond donors (Lipinski definition) is 0. The van der Waals surface area contributed by atoms with Crippen LogP contribution < -0.4 is 0 Å². The molecule has 0 bridgehead atoms. The van der Waals surface area contributed by atoms with Gasteiger partial charge in [-0.05, 0) is 24.5 Å². The van der Waals surface area contributed by atoms with E-state index in [4.69, 9.17) is 4.84 Å². The molecule has 2 aliphatic rings. The van der Waals surface area contributed by atoms with E-state index in [1.807, 2.05) is 0 Å². The molecule has 0 radical (unpaired) electrons. The van der Waals surface area contributed by atoms with Crippen molar-refractivity contribution in [1.82, 2.24) is 5.06 Å². The van der Waals surface area contributed by atoms with Crippen molar-refractivity contribution in [3.05, 3.63) is 35.4 Å². The van der Waals surface area contributed by atoms with E-state index in [1.165, 1.54) is 19.3 Å². The number of fused-ring (bicyclic) bond motifs is 1. The van der Waals surface area contributed by atoms with Gasteiger partial charge in [0.05, 0.1) is 11.1 Å². The molecule has 116 valence electrons. The highest BCUT2D eigenvalue weighted by Crippen LogP contribution is 2.28. The van der Waals surface area contributed by atoms with Gasteiger partial charge in [0.1, 0.15) is 0 Å². The molecule has 0 saturated heterocycles. The lowest BCUT2D eigenvalue weighted by atomic mass is 9.86. The molecule has 1 fully saturated rings. The van der Waals surface area contributed by atoms with Crippen LogP contribution in [0.2, 0.25) is 0 Å². The quantitative estimate of drug-likeness (QED) is 0.802. The van der Waals surface area contributed by atoms with Crippen LogP contribution in [0.5, 0.6) is 0 Å². The number of rotatable bonds is 4. The summed E-state index contributed by atoms with van der Waals surface area (Å²) in [6, 6.07) is 6.48. The second-order valence-corrected chi connectivity index (χ2v) is 5.96. The summed E-state index contributed by atoms with van der Waals surface area (Å²) >= 11 is 0. The number of hydroxylamine groups is 2. The van der Waals surface area contributed by atoms with Crippen LogP contribution in [0.25, 0.3) is 0 Å². The molecule has 5 heteroatoms. The number of benzene rings is 1. The molecule has 2 amide bonds. The minimum absolute atomic E-state index is 0.248. The minimum Gasteiger partial charge on any atom is -0.330 e. The van der Waals surface area contributed by atoms with Crippen LogP contribution in [0.4, 0.5) is 0 Å². The van der Waals surface area contributed by atoms with Gasteiger partial charge >= 0.3 is 5.97 Å². The highest BCUT2D eigenvalue weighted by atomic mass is 16.7. The predicted molar refractivity (Wildman–Crippen MR) is 78.8 cm³/mol. The van der Waals surface area contributed by atoms with Gasteiger partial charge in [0.2, 0.25) is 0 Å². The van der Waals surface area contributed by atoms with Gasteiger partial charge in [0, 0.05) is 6.42 Å². The first-order valence-electron chi connectivity index (χ1n) is 7.85. The highest BCUT2D eigenvalue weighted by molar-refractivity contribution is 6.20. The van der Waals surface area contributed by atoms with Gasteiger partial charge in [0.25, 0.3) is 11.8 Å². The molecule has 3 rings (SSSR count). The van der Waals surface area contributed by atoms with E-state index in [2.05, 4.69) is 0 Å². The molecule has 0 atom stereocenters. The largest absolute Gasteiger partial charge is 0.333 e. The van der Waals surface area contributed by atoms with Crippen LogP contribution >= 0.6 is 0 Å². The highest BCUT2D eigenvalue weighted by Gasteiger charge is 2.38. The van der Waals surface area contributed by atoms with Crippen molar-refractivity contribution in [3.63, 3.8) is 0 Å². The monoisotopic (exact) mass is 301 g/mol. The molecule has 1 saturated carbocycles. The summed E-state index contributed by atoms with van der Waals surface area (Å²) in [5.74, 6) is -1.08. The summed E-state index contributed by atoms with van der Waals surface area (Å²) in [6.07, 6.45) is 7.03. The lowest BCUT2D eigenvalue weighted by Crippen LogP contribution is -2.32. The van der Waals surface area contributed by atoms with Gasteiger partial charge in [-0.2, -0.15) is 0 Å². The molecule has 0 unspecified atom stereocenters. The number of nitrogens with zero attached hydrogens (tertiary/aromatic N) is 1. The Hall–Kier alpha value is -2.17. The molecule has 1 aromatic rings. The maximum Gasteiger partial charge on any atom is 0.333 e. The van der Waals surface area contributed by atoms with Crippen molar-refractivity contribution in [2.24, 2.45) is 5.92 Å². The number of hydrogen-bond acceptors (Lipinski definition) is 4. The lowest BCUT2D eigenvalue weighted by molar-refractivity contribution is -0.168. The Labute approximate surface area is 129 Å².